The van der Waals surface area contributed by atoms with Crippen LogP contribution in [-0.2, 0) is 0 Å². The zero-order valence-corrected chi connectivity index (χ0v) is 11.6. The van der Waals surface area contributed by atoms with Gasteiger partial charge >= 0.3 is 0 Å². The van der Waals surface area contributed by atoms with Crippen molar-refractivity contribution in [1.82, 2.24) is 4.98 Å². The molecule has 0 atom stereocenters. The second-order valence-electron chi connectivity index (χ2n) is 4.09. The zero-order valence-electron chi connectivity index (χ0n) is 10.0. The van der Waals surface area contributed by atoms with Gasteiger partial charge in [0.25, 0.3) is 0 Å². The van der Waals surface area contributed by atoms with Gasteiger partial charge < -0.3 is 5.32 Å². The standard InChI is InChI=1S/C13H21BrN2/c1-2-3-4-5-6-7-8-16-13-9-12(14)10-15-11-13/h9-11,16H,2-8H2,1H3. The number of rotatable bonds is 8. The lowest BCUT2D eigenvalue weighted by Gasteiger charge is -2.05. The van der Waals surface area contributed by atoms with Crippen LogP contribution in [0.25, 0.3) is 0 Å². The van der Waals surface area contributed by atoms with Crippen LogP contribution in [0.5, 0.6) is 0 Å². The lowest BCUT2D eigenvalue weighted by Crippen LogP contribution is -2.01. The number of pyridine rings is 1. The normalized spacial score (nSPS) is 10.4. The van der Waals surface area contributed by atoms with E-state index in [0.29, 0.717) is 0 Å². The maximum Gasteiger partial charge on any atom is 0.0538 e. The second-order valence-corrected chi connectivity index (χ2v) is 5.00. The number of aromatic nitrogens is 1. The molecule has 2 nitrogen and oxygen atoms in total. The van der Waals surface area contributed by atoms with Crippen LogP contribution in [0.1, 0.15) is 45.4 Å². The SMILES string of the molecule is CCCCCCCCNc1cncc(Br)c1. The van der Waals surface area contributed by atoms with Gasteiger partial charge in [0, 0.05) is 17.2 Å². The van der Waals surface area contributed by atoms with Gasteiger partial charge in [0.15, 0.2) is 0 Å². The molecule has 0 saturated carbocycles. The molecule has 0 aromatic carbocycles. The molecule has 90 valence electrons. The molecule has 1 heterocycles. The molecule has 0 fully saturated rings. The summed E-state index contributed by atoms with van der Waals surface area (Å²) >= 11 is 3.41. The Morgan fingerprint density at radius 2 is 1.88 bits per heavy atom. The molecule has 1 N–H and O–H groups in total. The van der Waals surface area contributed by atoms with Crippen LogP contribution < -0.4 is 5.32 Å². The first-order valence-electron chi connectivity index (χ1n) is 6.17. The maximum absolute atomic E-state index is 4.11. The Bertz CT molecular complexity index is 289. The van der Waals surface area contributed by atoms with Crippen molar-refractivity contribution in [3.8, 4) is 0 Å². The van der Waals surface area contributed by atoms with Crippen LogP contribution in [0.3, 0.4) is 0 Å². The van der Waals surface area contributed by atoms with Crippen molar-refractivity contribution in [2.45, 2.75) is 45.4 Å². The average Bonchev–Trinajstić information content (AvgIpc) is 2.28. The molecule has 0 amide bonds. The van der Waals surface area contributed by atoms with Crippen molar-refractivity contribution >= 4 is 21.6 Å². The molecule has 1 aromatic rings. The summed E-state index contributed by atoms with van der Waals surface area (Å²) in [4.78, 5) is 4.11. The fourth-order valence-corrected chi connectivity index (χ4v) is 2.01. The van der Waals surface area contributed by atoms with Gasteiger partial charge in [-0.2, -0.15) is 0 Å². The molecule has 0 saturated heterocycles. The molecule has 0 aliphatic heterocycles. The quantitative estimate of drug-likeness (QED) is 0.705. The van der Waals surface area contributed by atoms with E-state index in [4.69, 9.17) is 0 Å². The predicted octanol–water partition coefficient (Wildman–Crippen LogP) is 4.62. The number of anilines is 1. The van der Waals surface area contributed by atoms with Crippen molar-refractivity contribution < 1.29 is 0 Å². The number of nitrogens with zero attached hydrogens (tertiary/aromatic N) is 1. The van der Waals surface area contributed by atoms with E-state index in [1.807, 2.05) is 6.20 Å². The number of halogens is 1. The largest absolute Gasteiger partial charge is 0.384 e. The molecule has 1 aromatic heterocycles. The third kappa shape index (κ3) is 6.11. The Kier molecular flexibility index (Phi) is 7.23. The first-order valence-corrected chi connectivity index (χ1v) is 6.96. The van der Waals surface area contributed by atoms with Gasteiger partial charge in [0.1, 0.15) is 0 Å². The minimum Gasteiger partial charge on any atom is -0.384 e. The minimum atomic E-state index is 1.03. The molecule has 0 radical (unpaired) electrons. The predicted molar refractivity (Wildman–Crippen MR) is 73.8 cm³/mol. The van der Waals surface area contributed by atoms with E-state index < -0.39 is 0 Å². The molecular formula is C13H21BrN2. The van der Waals surface area contributed by atoms with Crippen LogP contribution in [0.15, 0.2) is 22.9 Å². The fourth-order valence-electron chi connectivity index (χ4n) is 1.65. The summed E-state index contributed by atoms with van der Waals surface area (Å²) in [5.41, 5.74) is 1.10. The molecule has 1 rings (SSSR count). The Labute approximate surface area is 107 Å². The topological polar surface area (TPSA) is 24.9 Å². The number of unbranched alkanes of at least 4 members (excludes halogenated alkanes) is 5. The van der Waals surface area contributed by atoms with Gasteiger partial charge in [-0.15, -0.1) is 0 Å². The highest BCUT2D eigenvalue weighted by Gasteiger charge is 1.94. The molecule has 0 unspecified atom stereocenters. The first kappa shape index (κ1) is 13.5. The van der Waals surface area contributed by atoms with Gasteiger partial charge in [-0.05, 0) is 28.4 Å². The molecule has 16 heavy (non-hydrogen) atoms. The first-order chi connectivity index (χ1) is 7.83. The van der Waals surface area contributed by atoms with E-state index >= 15 is 0 Å². The maximum atomic E-state index is 4.11. The van der Waals surface area contributed by atoms with Gasteiger partial charge in [0.05, 0.1) is 11.9 Å². The van der Waals surface area contributed by atoms with E-state index in [1.54, 1.807) is 6.20 Å². The van der Waals surface area contributed by atoms with E-state index in [2.05, 4.69) is 39.2 Å². The Morgan fingerprint density at radius 3 is 2.62 bits per heavy atom. The summed E-state index contributed by atoms with van der Waals surface area (Å²) in [5.74, 6) is 0. The highest BCUT2D eigenvalue weighted by molar-refractivity contribution is 9.10. The molecular weight excluding hydrogens is 264 g/mol. The highest BCUT2D eigenvalue weighted by Crippen LogP contribution is 2.13. The molecule has 0 spiro atoms. The minimum absolute atomic E-state index is 1.03. The average molecular weight is 285 g/mol. The van der Waals surface area contributed by atoms with Gasteiger partial charge in [-0.3, -0.25) is 4.98 Å². The van der Waals surface area contributed by atoms with E-state index in [9.17, 15) is 0 Å². The van der Waals surface area contributed by atoms with Crippen LogP contribution in [0, 0.1) is 0 Å². The lowest BCUT2D eigenvalue weighted by molar-refractivity contribution is 0.617. The summed E-state index contributed by atoms with van der Waals surface area (Å²) in [6.07, 6.45) is 11.7. The number of hydrogen-bond donors (Lipinski definition) is 1. The second kappa shape index (κ2) is 8.57. The van der Waals surface area contributed by atoms with Gasteiger partial charge in [-0.1, -0.05) is 39.0 Å². The third-order valence-electron chi connectivity index (χ3n) is 2.56. The molecule has 0 aliphatic rings. The smallest absolute Gasteiger partial charge is 0.0538 e. The van der Waals surface area contributed by atoms with Crippen LogP contribution in [-0.4, -0.2) is 11.5 Å². The van der Waals surface area contributed by atoms with Crippen LogP contribution in [0.4, 0.5) is 5.69 Å². The third-order valence-corrected chi connectivity index (χ3v) is 3.00. The molecule has 0 bridgehead atoms. The fraction of sp³-hybridized carbons (Fsp3) is 0.615. The van der Waals surface area contributed by atoms with E-state index in [1.165, 1.54) is 38.5 Å². The summed E-state index contributed by atoms with van der Waals surface area (Å²) in [5, 5.41) is 3.38. The van der Waals surface area contributed by atoms with Crippen molar-refractivity contribution in [3.63, 3.8) is 0 Å². The van der Waals surface area contributed by atoms with Crippen molar-refractivity contribution in [2.75, 3.05) is 11.9 Å². The molecule has 3 heteroatoms. The Morgan fingerprint density at radius 1 is 1.12 bits per heavy atom. The summed E-state index contributed by atoms with van der Waals surface area (Å²) in [7, 11) is 0. The highest BCUT2D eigenvalue weighted by atomic mass is 79.9. The summed E-state index contributed by atoms with van der Waals surface area (Å²) < 4.78 is 1.03. The zero-order chi connectivity index (χ0) is 11.6. The summed E-state index contributed by atoms with van der Waals surface area (Å²) in [6.45, 7) is 3.30. The van der Waals surface area contributed by atoms with Crippen molar-refractivity contribution in [2.24, 2.45) is 0 Å². The van der Waals surface area contributed by atoms with Crippen molar-refractivity contribution in [1.29, 1.82) is 0 Å². The Balaban J connectivity index is 2.03. The summed E-state index contributed by atoms with van der Waals surface area (Å²) in [6, 6.07) is 2.06. The van der Waals surface area contributed by atoms with E-state index in [-0.39, 0.29) is 0 Å². The van der Waals surface area contributed by atoms with Gasteiger partial charge in [-0.25, -0.2) is 0 Å². The van der Waals surface area contributed by atoms with Crippen LogP contribution in [0.2, 0.25) is 0 Å². The van der Waals surface area contributed by atoms with Crippen molar-refractivity contribution in [3.05, 3.63) is 22.9 Å². The Hall–Kier alpha value is -0.570. The van der Waals surface area contributed by atoms with Crippen LogP contribution >= 0.6 is 15.9 Å². The number of nitrogens with one attached hydrogen (secondary N) is 1. The monoisotopic (exact) mass is 284 g/mol. The lowest BCUT2D eigenvalue weighted by atomic mass is 10.1. The van der Waals surface area contributed by atoms with Gasteiger partial charge in [0.2, 0.25) is 0 Å². The number of hydrogen-bond acceptors (Lipinski definition) is 2. The van der Waals surface area contributed by atoms with E-state index in [0.717, 1.165) is 16.7 Å². The molecule has 0 aliphatic carbocycles.